The van der Waals surface area contributed by atoms with Gasteiger partial charge in [-0.2, -0.15) is 0 Å². The van der Waals surface area contributed by atoms with Crippen molar-refractivity contribution in [3.05, 3.63) is 11.4 Å². The molecule has 1 aromatic heterocycles. The van der Waals surface area contributed by atoms with Crippen molar-refractivity contribution in [1.29, 1.82) is 0 Å². The lowest BCUT2D eigenvalue weighted by molar-refractivity contribution is 0.638. The summed E-state index contributed by atoms with van der Waals surface area (Å²) in [7, 11) is 0. The van der Waals surface area contributed by atoms with Crippen LogP contribution < -0.4 is 11.1 Å². The molecule has 2 fully saturated rings. The highest BCUT2D eigenvalue weighted by molar-refractivity contribution is 5.55. The Kier molecular flexibility index (Phi) is 2.88. The quantitative estimate of drug-likeness (QED) is 0.838. The Morgan fingerprint density at radius 1 is 1.28 bits per heavy atom. The van der Waals surface area contributed by atoms with E-state index in [1.165, 1.54) is 32.1 Å². The molecule has 2 saturated carbocycles. The number of hydrogen-bond donors (Lipinski definition) is 2. The summed E-state index contributed by atoms with van der Waals surface area (Å²) >= 11 is 0. The van der Waals surface area contributed by atoms with Crippen molar-refractivity contribution in [1.82, 2.24) is 9.97 Å². The summed E-state index contributed by atoms with van der Waals surface area (Å²) in [6.45, 7) is 4.23. The molecule has 0 amide bonds. The lowest BCUT2D eigenvalue weighted by atomic mass is 10.1. The Bertz CT molecular complexity index is 449. The predicted octanol–water partition coefficient (Wildman–Crippen LogP) is 2.85. The predicted molar refractivity (Wildman–Crippen MR) is 73.6 cm³/mol. The molecule has 1 heterocycles. The second-order valence-corrected chi connectivity index (χ2v) is 5.94. The van der Waals surface area contributed by atoms with Crippen LogP contribution >= 0.6 is 0 Å². The van der Waals surface area contributed by atoms with E-state index in [0.29, 0.717) is 17.8 Å². The van der Waals surface area contributed by atoms with Gasteiger partial charge in [-0.05, 0) is 39.0 Å². The van der Waals surface area contributed by atoms with Gasteiger partial charge in [-0.1, -0.05) is 12.8 Å². The van der Waals surface area contributed by atoms with Crippen molar-refractivity contribution in [2.75, 3.05) is 11.1 Å². The van der Waals surface area contributed by atoms with Gasteiger partial charge in [0.05, 0.1) is 0 Å². The van der Waals surface area contributed by atoms with Crippen LogP contribution in [0.2, 0.25) is 0 Å². The van der Waals surface area contributed by atoms with Crippen molar-refractivity contribution in [2.45, 2.75) is 57.9 Å². The largest absolute Gasteiger partial charge is 0.383 e. The van der Waals surface area contributed by atoms with E-state index in [4.69, 9.17) is 5.73 Å². The molecule has 1 atom stereocenters. The summed E-state index contributed by atoms with van der Waals surface area (Å²) < 4.78 is 0. The van der Waals surface area contributed by atoms with Crippen LogP contribution in [0.3, 0.4) is 0 Å². The third kappa shape index (κ3) is 2.57. The van der Waals surface area contributed by atoms with Gasteiger partial charge in [0.1, 0.15) is 17.5 Å². The van der Waals surface area contributed by atoms with Crippen LogP contribution in [0.5, 0.6) is 0 Å². The first-order chi connectivity index (χ1) is 8.63. The number of rotatable bonds is 5. The van der Waals surface area contributed by atoms with Crippen LogP contribution in [0.1, 0.15) is 56.3 Å². The molecule has 4 nitrogen and oxygen atoms in total. The molecule has 98 valence electrons. The Hall–Kier alpha value is -1.32. The molecule has 0 aromatic carbocycles. The van der Waals surface area contributed by atoms with Gasteiger partial charge in [0.25, 0.3) is 0 Å². The van der Waals surface area contributed by atoms with Crippen LogP contribution in [-0.2, 0) is 0 Å². The van der Waals surface area contributed by atoms with Crippen molar-refractivity contribution in [2.24, 2.45) is 5.92 Å². The van der Waals surface area contributed by atoms with E-state index in [1.54, 1.807) is 0 Å². The number of anilines is 2. The molecule has 2 aliphatic rings. The van der Waals surface area contributed by atoms with E-state index in [-0.39, 0.29) is 0 Å². The second-order valence-electron chi connectivity index (χ2n) is 5.94. The smallest absolute Gasteiger partial charge is 0.136 e. The molecule has 0 saturated heterocycles. The number of nitrogens with two attached hydrogens (primary N) is 1. The van der Waals surface area contributed by atoms with Gasteiger partial charge >= 0.3 is 0 Å². The number of nitrogen functional groups attached to an aromatic ring is 1. The van der Waals surface area contributed by atoms with Crippen LogP contribution in [0.25, 0.3) is 0 Å². The molecule has 0 spiro atoms. The van der Waals surface area contributed by atoms with Gasteiger partial charge in [0.15, 0.2) is 0 Å². The maximum absolute atomic E-state index is 5.99. The minimum atomic E-state index is 0.470. The molecular weight excluding hydrogens is 224 g/mol. The summed E-state index contributed by atoms with van der Waals surface area (Å²) in [4.78, 5) is 9.06. The van der Waals surface area contributed by atoms with E-state index in [2.05, 4.69) is 22.2 Å². The van der Waals surface area contributed by atoms with Gasteiger partial charge in [-0.25, -0.2) is 9.97 Å². The number of aromatic nitrogens is 2. The summed E-state index contributed by atoms with van der Waals surface area (Å²) in [6, 6.07) is 0.470. The monoisotopic (exact) mass is 246 g/mol. The Morgan fingerprint density at radius 2 is 2.00 bits per heavy atom. The van der Waals surface area contributed by atoms with Crippen molar-refractivity contribution < 1.29 is 0 Å². The van der Waals surface area contributed by atoms with Gasteiger partial charge in [-0.15, -0.1) is 0 Å². The highest BCUT2D eigenvalue weighted by atomic mass is 15.1. The summed E-state index contributed by atoms with van der Waals surface area (Å²) in [5, 5.41) is 3.51. The van der Waals surface area contributed by atoms with Gasteiger partial charge in [0.2, 0.25) is 0 Å². The van der Waals surface area contributed by atoms with Crippen LogP contribution in [0.15, 0.2) is 0 Å². The van der Waals surface area contributed by atoms with Gasteiger partial charge < -0.3 is 11.1 Å². The molecule has 0 aliphatic heterocycles. The SMILES string of the molecule is Cc1c(N)nc(C2CC2)nc1NC(C)CC1CC1. The Balaban J connectivity index is 1.75. The van der Waals surface area contributed by atoms with E-state index in [1.807, 2.05) is 6.92 Å². The van der Waals surface area contributed by atoms with Crippen molar-refractivity contribution in [3.63, 3.8) is 0 Å². The minimum Gasteiger partial charge on any atom is -0.383 e. The lowest BCUT2D eigenvalue weighted by Gasteiger charge is -2.17. The number of nitrogens with one attached hydrogen (secondary N) is 1. The van der Waals surface area contributed by atoms with E-state index >= 15 is 0 Å². The first kappa shape index (κ1) is 11.8. The molecule has 4 heteroatoms. The zero-order chi connectivity index (χ0) is 12.7. The van der Waals surface area contributed by atoms with E-state index in [9.17, 15) is 0 Å². The third-order valence-corrected chi connectivity index (χ3v) is 3.91. The molecule has 1 unspecified atom stereocenters. The molecule has 0 bridgehead atoms. The third-order valence-electron chi connectivity index (χ3n) is 3.91. The molecule has 2 aliphatic carbocycles. The molecule has 1 aromatic rings. The first-order valence-electron chi connectivity index (χ1n) is 7.04. The van der Waals surface area contributed by atoms with Gasteiger partial charge in [-0.3, -0.25) is 0 Å². The van der Waals surface area contributed by atoms with Gasteiger partial charge in [0, 0.05) is 17.5 Å². The maximum atomic E-state index is 5.99. The standard InChI is InChI=1S/C14H22N4/c1-8(7-10-3-4-10)16-13-9(2)12(15)17-14(18-13)11-5-6-11/h8,10-11H,3-7H2,1-2H3,(H3,15,16,17,18). The fourth-order valence-corrected chi connectivity index (χ4v) is 2.36. The van der Waals surface area contributed by atoms with Crippen molar-refractivity contribution >= 4 is 11.6 Å². The number of nitrogens with zero attached hydrogens (tertiary/aromatic N) is 2. The lowest BCUT2D eigenvalue weighted by Crippen LogP contribution is -2.19. The van der Waals surface area contributed by atoms with Crippen LogP contribution in [0, 0.1) is 12.8 Å². The molecular formula is C14H22N4. The molecule has 3 N–H and O–H groups in total. The average Bonchev–Trinajstić information content (AvgIpc) is 3.15. The topological polar surface area (TPSA) is 63.8 Å². The number of hydrogen-bond acceptors (Lipinski definition) is 4. The fraction of sp³-hybridized carbons (Fsp3) is 0.714. The normalized spacial score (nSPS) is 20.8. The van der Waals surface area contributed by atoms with Crippen LogP contribution in [-0.4, -0.2) is 16.0 Å². The first-order valence-corrected chi connectivity index (χ1v) is 7.04. The highest BCUT2D eigenvalue weighted by Crippen LogP contribution is 2.39. The second kappa shape index (κ2) is 4.41. The molecule has 0 radical (unpaired) electrons. The molecule has 18 heavy (non-hydrogen) atoms. The highest BCUT2D eigenvalue weighted by Gasteiger charge is 2.28. The summed E-state index contributed by atoms with van der Waals surface area (Å²) in [6.07, 6.45) is 6.44. The fourth-order valence-electron chi connectivity index (χ4n) is 2.36. The van der Waals surface area contributed by atoms with Crippen molar-refractivity contribution in [3.8, 4) is 0 Å². The zero-order valence-electron chi connectivity index (χ0n) is 11.2. The minimum absolute atomic E-state index is 0.470. The van der Waals surface area contributed by atoms with Crippen LogP contribution in [0.4, 0.5) is 11.6 Å². The molecule has 3 rings (SSSR count). The Morgan fingerprint density at radius 3 is 2.61 bits per heavy atom. The van der Waals surface area contributed by atoms with E-state index < -0.39 is 0 Å². The average molecular weight is 246 g/mol. The Labute approximate surface area is 108 Å². The van der Waals surface area contributed by atoms with E-state index in [0.717, 1.165) is 23.1 Å². The summed E-state index contributed by atoms with van der Waals surface area (Å²) in [5.41, 5.74) is 6.97. The maximum Gasteiger partial charge on any atom is 0.136 e. The summed E-state index contributed by atoms with van der Waals surface area (Å²) in [5.74, 6) is 3.98. The zero-order valence-corrected chi connectivity index (χ0v) is 11.2.